The monoisotopic (exact) mass is 421 g/mol. The molecule has 0 saturated carbocycles. The van der Waals surface area contributed by atoms with E-state index in [1.807, 2.05) is 54.6 Å². The molecule has 0 spiro atoms. The molecule has 0 fully saturated rings. The third kappa shape index (κ3) is 5.92. The molecule has 0 unspecified atom stereocenters. The van der Waals surface area contributed by atoms with Crippen molar-refractivity contribution in [3.05, 3.63) is 77.9 Å². The summed E-state index contributed by atoms with van der Waals surface area (Å²) in [5.41, 5.74) is 2.56. The van der Waals surface area contributed by atoms with Crippen LogP contribution < -0.4 is 24.3 Å². The van der Waals surface area contributed by atoms with Crippen molar-refractivity contribution in [2.75, 3.05) is 33.2 Å². The second-order valence-electron chi connectivity index (χ2n) is 6.81. The smallest absolute Gasteiger partial charge is 0.203 e. The molecule has 0 heterocycles. The van der Waals surface area contributed by atoms with Crippen LogP contribution in [0.15, 0.2) is 66.7 Å². The summed E-state index contributed by atoms with van der Waals surface area (Å²) in [7, 11) is 4.59. The van der Waals surface area contributed by atoms with Crippen LogP contribution in [0.5, 0.6) is 23.0 Å². The third-order valence-electron chi connectivity index (χ3n) is 4.77. The van der Waals surface area contributed by atoms with E-state index in [1.165, 1.54) is 21.3 Å². The zero-order chi connectivity index (χ0) is 22.1. The first kappa shape index (κ1) is 22.0. The molecule has 0 aromatic heterocycles. The van der Waals surface area contributed by atoms with Gasteiger partial charge < -0.3 is 24.3 Å². The van der Waals surface area contributed by atoms with Crippen LogP contribution in [0.1, 0.15) is 22.3 Å². The number of nitrogens with one attached hydrogen (secondary N) is 1. The van der Waals surface area contributed by atoms with Gasteiger partial charge in [0, 0.05) is 24.2 Å². The zero-order valence-electron chi connectivity index (χ0n) is 18.0. The van der Waals surface area contributed by atoms with Gasteiger partial charge in [-0.25, -0.2) is 0 Å². The summed E-state index contributed by atoms with van der Waals surface area (Å²) in [5, 5.41) is 3.26. The SMILES string of the molecule is COc1cc(C(=O)CCNc2ccc(OCc3ccccc3)cc2)cc(OC)c1OC. The number of benzene rings is 3. The Bertz CT molecular complexity index is 962. The van der Waals surface area contributed by atoms with Gasteiger partial charge in [0.05, 0.1) is 21.3 Å². The van der Waals surface area contributed by atoms with Crippen molar-refractivity contribution in [3.8, 4) is 23.0 Å². The molecule has 3 rings (SSSR count). The van der Waals surface area contributed by atoms with Crippen molar-refractivity contribution < 1.29 is 23.7 Å². The van der Waals surface area contributed by atoms with Gasteiger partial charge in [0.1, 0.15) is 12.4 Å². The van der Waals surface area contributed by atoms with E-state index in [9.17, 15) is 4.79 Å². The van der Waals surface area contributed by atoms with Gasteiger partial charge in [0.25, 0.3) is 0 Å². The molecule has 6 nitrogen and oxygen atoms in total. The lowest BCUT2D eigenvalue weighted by Crippen LogP contribution is -2.09. The van der Waals surface area contributed by atoms with Gasteiger partial charge in [-0.15, -0.1) is 0 Å². The van der Waals surface area contributed by atoms with Crippen molar-refractivity contribution in [3.63, 3.8) is 0 Å². The number of ether oxygens (including phenoxy) is 4. The van der Waals surface area contributed by atoms with E-state index in [-0.39, 0.29) is 5.78 Å². The molecular weight excluding hydrogens is 394 g/mol. The van der Waals surface area contributed by atoms with Crippen LogP contribution in [0, 0.1) is 0 Å². The highest BCUT2D eigenvalue weighted by atomic mass is 16.5. The molecule has 0 saturated heterocycles. The van der Waals surface area contributed by atoms with Crippen molar-refractivity contribution >= 4 is 11.5 Å². The van der Waals surface area contributed by atoms with Crippen molar-refractivity contribution in [2.45, 2.75) is 13.0 Å². The average Bonchev–Trinajstić information content (AvgIpc) is 2.83. The maximum atomic E-state index is 12.6. The van der Waals surface area contributed by atoms with Gasteiger partial charge in [-0.3, -0.25) is 4.79 Å². The van der Waals surface area contributed by atoms with E-state index in [4.69, 9.17) is 18.9 Å². The minimum atomic E-state index is -0.0189. The molecule has 0 aliphatic rings. The van der Waals surface area contributed by atoms with E-state index in [0.717, 1.165) is 17.0 Å². The Morgan fingerprint density at radius 1 is 0.839 bits per heavy atom. The Morgan fingerprint density at radius 3 is 2.06 bits per heavy atom. The van der Waals surface area contributed by atoms with Gasteiger partial charge in [-0.05, 0) is 42.0 Å². The van der Waals surface area contributed by atoms with E-state index in [0.29, 0.717) is 42.4 Å². The average molecular weight is 421 g/mol. The first-order chi connectivity index (χ1) is 15.1. The van der Waals surface area contributed by atoms with Crippen LogP contribution >= 0.6 is 0 Å². The maximum absolute atomic E-state index is 12.6. The fraction of sp³-hybridized carbons (Fsp3) is 0.240. The predicted octanol–water partition coefficient (Wildman–Crippen LogP) is 4.98. The summed E-state index contributed by atoms with van der Waals surface area (Å²) in [6.07, 6.45) is 0.324. The van der Waals surface area contributed by atoms with Gasteiger partial charge >= 0.3 is 0 Å². The Hall–Kier alpha value is -3.67. The highest BCUT2D eigenvalue weighted by Crippen LogP contribution is 2.38. The van der Waals surface area contributed by atoms with Crippen molar-refractivity contribution in [2.24, 2.45) is 0 Å². The molecule has 3 aromatic rings. The topological polar surface area (TPSA) is 66.0 Å². The molecule has 0 amide bonds. The lowest BCUT2D eigenvalue weighted by atomic mass is 10.1. The third-order valence-corrected chi connectivity index (χ3v) is 4.77. The molecule has 0 radical (unpaired) electrons. The fourth-order valence-electron chi connectivity index (χ4n) is 3.12. The highest BCUT2D eigenvalue weighted by molar-refractivity contribution is 5.97. The molecule has 0 aliphatic carbocycles. The number of methoxy groups -OCH3 is 3. The molecule has 0 bridgehead atoms. The lowest BCUT2D eigenvalue weighted by Gasteiger charge is -2.14. The summed E-state index contributed by atoms with van der Waals surface area (Å²) in [4.78, 5) is 12.6. The van der Waals surface area contributed by atoms with Gasteiger partial charge in [-0.1, -0.05) is 30.3 Å². The minimum absolute atomic E-state index is 0.0189. The van der Waals surface area contributed by atoms with E-state index in [1.54, 1.807) is 12.1 Å². The first-order valence-electron chi connectivity index (χ1n) is 9.98. The zero-order valence-corrected chi connectivity index (χ0v) is 18.0. The Balaban J connectivity index is 1.52. The van der Waals surface area contributed by atoms with Crippen LogP contribution in [-0.4, -0.2) is 33.7 Å². The molecule has 162 valence electrons. The molecular formula is C25H27NO5. The number of anilines is 1. The van der Waals surface area contributed by atoms with Crippen LogP contribution in [0.2, 0.25) is 0 Å². The van der Waals surface area contributed by atoms with Crippen molar-refractivity contribution in [1.29, 1.82) is 0 Å². The van der Waals surface area contributed by atoms with E-state index < -0.39 is 0 Å². The fourth-order valence-corrected chi connectivity index (χ4v) is 3.12. The van der Waals surface area contributed by atoms with Crippen LogP contribution in [0.25, 0.3) is 0 Å². The maximum Gasteiger partial charge on any atom is 0.203 e. The van der Waals surface area contributed by atoms with Crippen LogP contribution in [0.4, 0.5) is 5.69 Å². The Labute approximate surface area is 182 Å². The largest absolute Gasteiger partial charge is 0.493 e. The lowest BCUT2D eigenvalue weighted by molar-refractivity contribution is 0.0985. The first-order valence-corrected chi connectivity index (χ1v) is 9.98. The van der Waals surface area contributed by atoms with Gasteiger partial charge in [-0.2, -0.15) is 0 Å². The molecule has 3 aromatic carbocycles. The second kappa shape index (κ2) is 10.9. The quantitative estimate of drug-likeness (QED) is 0.441. The number of hydrogen-bond donors (Lipinski definition) is 1. The minimum Gasteiger partial charge on any atom is -0.493 e. The number of carbonyl (C=O) groups is 1. The molecule has 1 N–H and O–H groups in total. The van der Waals surface area contributed by atoms with Gasteiger partial charge in [0.15, 0.2) is 17.3 Å². The van der Waals surface area contributed by atoms with Gasteiger partial charge in [0.2, 0.25) is 5.75 Å². The second-order valence-corrected chi connectivity index (χ2v) is 6.81. The number of hydrogen-bond acceptors (Lipinski definition) is 6. The predicted molar refractivity (Wildman–Crippen MR) is 121 cm³/mol. The van der Waals surface area contributed by atoms with Crippen LogP contribution in [-0.2, 0) is 6.61 Å². The summed E-state index contributed by atoms with van der Waals surface area (Å²) in [5.74, 6) is 2.17. The Morgan fingerprint density at radius 2 is 1.48 bits per heavy atom. The molecule has 6 heteroatoms. The number of ketones is 1. The number of Topliss-reactive ketones (excluding diaryl/α,β-unsaturated/α-hetero) is 1. The standard InChI is InChI=1S/C25H27NO5/c1-28-23-15-19(16-24(29-2)25(23)30-3)22(27)13-14-26-20-9-11-21(12-10-20)31-17-18-7-5-4-6-8-18/h4-12,15-16,26H,13-14,17H2,1-3H3. The van der Waals surface area contributed by atoms with E-state index >= 15 is 0 Å². The number of rotatable bonds is 11. The Kier molecular flexibility index (Phi) is 7.76. The van der Waals surface area contributed by atoms with Crippen molar-refractivity contribution in [1.82, 2.24) is 0 Å². The summed E-state index contributed by atoms with van der Waals surface area (Å²) in [6, 6.07) is 21.0. The molecule has 0 aliphatic heterocycles. The summed E-state index contributed by atoms with van der Waals surface area (Å²) in [6.45, 7) is 1.02. The van der Waals surface area contributed by atoms with E-state index in [2.05, 4.69) is 5.32 Å². The summed E-state index contributed by atoms with van der Waals surface area (Å²) < 4.78 is 21.7. The summed E-state index contributed by atoms with van der Waals surface area (Å²) >= 11 is 0. The normalized spacial score (nSPS) is 10.3. The molecule has 0 atom stereocenters. The molecule has 31 heavy (non-hydrogen) atoms. The number of carbonyl (C=O) groups excluding carboxylic acids is 1. The highest BCUT2D eigenvalue weighted by Gasteiger charge is 2.16. The van der Waals surface area contributed by atoms with Crippen LogP contribution in [0.3, 0.4) is 0 Å².